The molecule has 1 aromatic heterocycles. The topological polar surface area (TPSA) is 118 Å². The van der Waals surface area contributed by atoms with Gasteiger partial charge in [-0.1, -0.05) is 12.1 Å². The first-order valence-corrected chi connectivity index (χ1v) is 16.0. The van der Waals surface area contributed by atoms with E-state index in [2.05, 4.69) is 35.7 Å². The molecule has 0 unspecified atom stereocenters. The van der Waals surface area contributed by atoms with Crippen LogP contribution in [0.15, 0.2) is 42.6 Å². The first kappa shape index (κ1) is 33.1. The van der Waals surface area contributed by atoms with Gasteiger partial charge in [-0.3, -0.25) is 9.69 Å². The maximum absolute atomic E-state index is 13.9. The number of fused-ring (bicyclic) bond motifs is 1. The van der Waals surface area contributed by atoms with E-state index in [1.807, 2.05) is 23.1 Å². The van der Waals surface area contributed by atoms with Gasteiger partial charge in [-0.2, -0.15) is 18.2 Å². The van der Waals surface area contributed by atoms with Crippen molar-refractivity contribution in [3.05, 3.63) is 59.3 Å². The van der Waals surface area contributed by atoms with Crippen LogP contribution < -0.4 is 25.6 Å². The molecule has 6 rings (SSSR count). The molecule has 0 aliphatic carbocycles. The molecule has 3 N–H and O–H groups in total. The predicted octanol–water partition coefficient (Wildman–Crippen LogP) is 4.62. The smallest absolute Gasteiger partial charge is 0.421 e. The second kappa shape index (κ2) is 13.7. The average Bonchev–Trinajstić information content (AvgIpc) is 3.47. The third-order valence-corrected chi connectivity index (χ3v) is 9.17. The van der Waals surface area contributed by atoms with Gasteiger partial charge in [0.1, 0.15) is 17.1 Å². The van der Waals surface area contributed by atoms with Gasteiger partial charge in [0.25, 0.3) is 0 Å². The van der Waals surface area contributed by atoms with Crippen molar-refractivity contribution in [1.82, 2.24) is 24.7 Å². The number of nitrogens with zero attached hydrogens (tertiary/aromatic N) is 6. The Labute approximate surface area is 277 Å². The van der Waals surface area contributed by atoms with Crippen LogP contribution >= 0.6 is 0 Å². The lowest BCUT2D eigenvalue weighted by Gasteiger charge is -2.43. The van der Waals surface area contributed by atoms with Gasteiger partial charge in [-0.15, -0.1) is 0 Å². The van der Waals surface area contributed by atoms with Crippen molar-refractivity contribution in [2.45, 2.75) is 38.0 Å². The van der Waals surface area contributed by atoms with Crippen LogP contribution in [0.1, 0.15) is 29.5 Å². The van der Waals surface area contributed by atoms with Gasteiger partial charge < -0.3 is 35.4 Å². The number of methoxy groups -OCH3 is 1. The summed E-state index contributed by atoms with van der Waals surface area (Å²) in [4.78, 5) is 40.6. The first-order valence-electron chi connectivity index (χ1n) is 16.0. The summed E-state index contributed by atoms with van der Waals surface area (Å²) < 4.78 is 47.4. The Bertz CT molecular complexity index is 1650. The van der Waals surface area contributed by atoms with Crippen molar-refractivity contribution in [1.29, 1.82) is 0 Å². The molecule has 0 spiro atoms. The number of amides is 3. The summed E-state index contributed by atoms with van der Waals surface area (Å²) in [6, 6.07) is 11.5. The molecule has 48 heavy (non-hydrogen) atoms. The van der Waals surface area contributed by atoms with E-state index in [-0.39, 0.29) is 36.7 Å². The highest BCUT2D eigenvalue weighted by molar-refractivity contribution is 5.99. The minimum Gasteiger partial charge on any atom is -0.494 e. The van der Waals surface area contributed by atoms with Crippen LogP contribution in [0.4, 0.5) is 46.8 Å². The number of urea groups is 1. The summed E-state index contributed by atoms with van der Waals surface area (Å²) >= 11 is 0. The second-order valence-corrected chi connectivity index (χ2v) is 12.4. The summed E-state index contributed by atoms with van der Waals surface area (Å²) in [6.45, 7) is 5.05. The Morgan fingerprint density at radius 3 is 2.52 bits per heavy atom. The summed E-state index contributed by atoms with van der Waals surface area (Å²) in [6.07, 6.45) is -1.83. The fourth-order valence-corrected chi connectivity index (χ4v) is 6.60. The van der Waals surface area contributed by atoms with Crippen molar-refractivity contribution in [2.75, 3.05) is 81.3 Å². The number of piperazine rings is 1. The summed E-state index contributed by atoms with van der Waals surface area (Å²) in [5.74, 6) is -0.0597. The van der Waals surface area contributed by atoms with E-state index >= 15 is 0 Å². The van der Waals surface area contributed by atoms with E-state index in [1.54, 1.807) is 37.2 Å². The number of ether oxygens (including phenoxy) is 1. The van der Waals surface area contributed by atoms with Crippen LogP contribution in [0, 0.1) is 0 Å². The third kappa shape index (κ3) is 7.20. The van der Waals surface area contributed by atoms with Crippen molar-refractivity contribution in [3.63, 3.8) is 0 Å². The van der Waals surface area contributed by atoms with Gasteiger partial charge in [-0.25, -0.2) is 9.78 Å². The first-order chi connectivity index (χ1) is 23.0. The molecule has 0 radical (unpaired) electrons. The molecule has 4 heterocycles. The fraction of sp³-hybridized carbons (Fsp3) is 0.455. The van der Waals surface area contributed by atoms with Gasteiger partial charge in [0.05, 0.1) is 19.2 Å². The van der Waals surface area contributed by atoms with E-state index in [0.717, 1.165) is 69.6 Å². The van der Waals surface area contributed by atoms with E-state index in [0.29, 0.717) is 28.7 Å². The molecule has 3 aromatic rings. The molecule has 0 bridgehead atoms. The maximum Gasteiger partial charge on any atom is 0.421 e. The van der Waals surface area contributed by atoms with Gasteiger partial charge in [-0.05, 0) is 42.2 Å². The molecular formula is C33H40F3N9O3. The number of likely N-dealkylation sites (tertiary alicyclic amines) is 1. The Balaban J connectivity index is 1.10. The highest BCUT2D eigenvalue weighted by Gasteiger charge is 2.36. The zero-order valence-electron chi connectivity index (χ0n) is 27.2. The highest BCUT2D eigenvalue weighted by Crippen LogP contribution is 2.37. The molecule has 256 valence electrons. The zero-order valence-corrected chi connectivity index (χ0v) is 27.2. The van der Waals surface area contributed by atoms with Gasteiger partial charge in [0.2, 0.25) is 11.9 Å². The van der Waals surface area contributed by atoms with Crippen LogP contribution in [0.5, 0.6) is 5.75 Å². The summed E-state index contributed by atoms with van der Waals surface area (Å²) in [7, 11) is 5.10. The minimum absolute atomic E-state index is 0.0290. The molecule has 3 aliphatic rings. The van der Waals surface area contributed by atoms with E-state index < -0.39 is 11.7 Å². The molecule has 3 aliphatic heterocycles. The highest BCUT2D eigenvalue weighted by atomic mass is 19.4. The summed E-state index contributed by atoms with van der Waals surface area (Å²) in [5, 5.41) is 8.59. The molecule has 0 atom stereocenters. The largest absolute Gasteiger partial charge is 0.494 e. The number of hydrogen-bond acceptors (Lipinski definition) is 9. The SMILES string of the molecule is COc1cc(N2CCN(C3CCN(C(=O)N(C)C)CC3)CC2)ccc1Nc1ncc(C(F)(F)F)c(NCc2cccc3c2CC(=O)N3)n1. The molecule has 12 nitrogen and oxygen atoms in total. The molecule has 2 fully saturated rings. The van der Waals surface area contributed by atoms with E-state index in [9.17, 15) is 22.8 Å². The number of carbonyl (C=O) groups is 2. The number of rotatable bonds is 8. The molecule has 2 aromatic carbocycles. The number of aromatic nitrogens is 2. The lowest BCUT2D eigenvalue weighted by molar-refractivity contribution is -0.137. The molecule has 0 saturated carbocycles. The number of alkyl halides is 3. The Morgan fingerprint density at radius 2 is 1.83 bits per heavy atom. The predicted molar refractivity (Wildman–Crippen MR) is 177 cm³/mol. The van der Waals surface area contributed by atoms with Crippen LogP contribution in [-0.2, 0) is 23.9 Å². The van der Waals surface area contributed by atoms with Crippen molar-refractivity contribution < 1.29 is 27.5 Å². The quantitative estimate of drug-likeness (QED) is 0.316. The normalized spacial score (nSPS) is 17.2. The number of halogens is 3. The van der Waals surface area contributed by atoms with Gasteiger partial charge in [0, 0.05) is 89.6 Å². The third-order valence-electron chi connectivity index (χ3n) is 9.17. The van der Waals surface area contributed by atoms with E-state index in [1.165, 1.54) is 7.11 Å². The van der Waals surface area contributed by atoms with Crippen molar-refractivity contribution in [2.24, 2.45) is 0 Å². The standard InChI is InChI=1S/C33H40F3N9O3/c1-42(2)32(47)45-11-9-22(10-12-45)43-13-15-44(16-14-43)23-7-8-27(28(17-23)48-3)40-31-38-20-25(33(34,35)36)30(41-31)37-19-21-5-4-6-26-24(21)18-29(46)39-26/h4-8,17,20,22H,9-16,18-19H2,1-3H3,(H,39,46)(H2,37,38,40,41). The van der Waals surface area contributed by atoms with E-state index in [4.69, 9.17) is 4.74 Å². The van der Waals surface area contributed by atoms with Gasteiger partial charge in [0.15, 0.2) is 0 Å². The lowest BCUT2D eigenvalue weighted by atomic mass is 10.0. The zero-order chi connectivity index (χ0) is 34.0. The molecule has 2 saturated heterocycles. The van der Waals surface area contributed by atoms with Crippen molar-refractivity contribution >= 4 is 40.8 Å². The second-order valence-electron chi connectivity index (χ2n) is 12.4. The van der Waals surface area contributed by atoms with Crippen LogP contribution in [0.3, 0.4) is 0 Å². The molecule has 15 heteroatoms. The van der Waals surface area contributed by atoms with Crippen LogP contribution in [0.2, 0.25) is 0 Å². The number of carbonyl (C=O) groups excluding carboxylic acids is 2. The monoisotopic (exact) mass is 667 g/mol. The lowest BCUT2D eigenvalue weighted by Crippen LogP contribution is -2.54. The minimum atomic E-state index is -4.68. The maximum atomic E-state index is 13.9. The van der Waals surface area contributed by atoms with Crippen LogP contribution in [-0.4, -0.2) is 103 Å². The number of piperidine rings is 1. The Hall–Kier alpha value is -4.79. The molecular weight excluding hydrogens is 627 g/mol. The number of hydrogen-bond donors (Lipinski definition) is 3. The molecule has 3 amide bonds. The van der Waals surface area contributed by atoms with Crippen molar-refractivity contribution in [3.8, 4) is 5.75 Å². The Kier molecular flexibility index (Phi) is 9.49. The fourth-order valence-electron chi connectivity index (χ4n) is 6.60. The average molecular weight is 668 g/mol. The van der Waals surface area contributed by atoms with Gasteiger partial charge >= 0.3 is 12.2 Å². The summed E-state index contributed by atoms with van der Waals surface area (Å²) in [5.41, 5.74) is 2.60. The van der Waals surface area contributed by atoms with Crippen LogP contribution in [0.25, 0.3) is 0 Å². The number of anilines is 5. The Morgan fingerprint density at radius 1 is 1.08 bits per heavy atom. The number of nitrogens with one attached hydrogen (secondary N) is 3. The number of benzene rings is 2.